The van der Waals surface area contributed by atoms with Crippen molar-refractivity contribution in [2.45, 2.75) is 92.4 Å². The number of aromatic nitrogens is 1. The Bertz CT molecular complexity index is 1030. The average molecular weight is 450 g/mol. The van der Waals surface area contributed by atoms with Gasteiger partial charge in [0.05, 0.1) is 7.11 Å². The summed E-state index contributed by atoms with van der Waals surface area (Å²) in [6.45, 7) is 19.8. The fraction of sp³-hybridized carbons (Fsp3) is 0.500. The predicted molar refractivity (Wildman–Crippen MR) is 140 cm³/mol. The van der Waals surface area contributed by atoms with Gasteiger partial charge >= 0.3 is 0 Å². The molecule has 180 valence electrons. The molecule has 2 aromatic heterocycles. The van der Waals surface area contributed by atoms with E-state index in [0.29, 0.717) is 5.88 Å². The second-order valence-electron chi connectivity index (χ2n) is 10.2. The molecule has 0 saturated heterocycles. The zero-order valence-corrected chi connectivity index (χ0v) is 22.4. The summed E-state index contributed by atoms with van der Waals surface area (Å²) in [4.78, 5) is 3.97. The maximum Gasteiger partial charge on any atom is 0.212 e. The molecule has 0 saturated carbocycles. The first-order valence-corrected chi connectivity index (χ1v) is 12.2. The molecule has 1 aliphatic rings. The fourth-order valence-corrected chi connectivity index (χ4v) is 4.30. The van der Waals surface area contributed by atoms with Crippen molar-refractivity contribution in [3.05, 3.63) is 81.9 Å². The smallest absolute Gasteiger partial charge is 0.212 e. The van der Waals surface area contributed by atoms with E-state index in [2.05, 4.69) is 63.9 Å². The summed E-state index contributed by atoms with van der Waals surface area (Å²) in [5.41, 5.74) is 7.57. The van der Waals surface area contributed by atoms with Gasteiger partial charge in [-0.2, -0.15) is 0 Å². The Labute approximate surface area is 201 Å². The number of nitrogens with zero attached hydrogens (tertiary/aromatic N) is 1. The third-order valence-corrected chi connectivity index (χ3v) is 6.56. The van der Waals surface area contributed by atoms with Crippen molar-refractivity contribution in [3.63, 3.8) is 0 Å². The van der Waals surface area contributed by atoms with Crippen molar-refractivity contribution in [3.8, 4) is 5.88 Å². The van der Waals surface area contributed by atoms with Crippen molar-refractivity contribution in [2.75, 3.05) is 7.11 Å². The lowest BCUT2D eigenvalue weighted by atomic mass is 9.62. The molecule has 0 fully saturated rings. The number of hydrogen-bond donors (Lipinski definition) is 0. The van der Waals surface area contributed by atoms with Gasteiger partial charge in [-0.05, 0) is 84.4 Å². The molecule has 1 aromatic carbocycles. The molecule has 0 bridgehead atoms. The molecule has 0 radical (unpaired) electrons. The maximum atomic E-state index is 5.78. The summed E-state index contributed by atoms with van der Waals surface area (Å²) in [6, 6.07) is 12.8. The van der Waals surface area contributed by atoms with Gasteiger partial charge in [0, 0.05) is 18.7 Å². The van der Waals surface area contributed by atoms with Crippen LogP contribution < -0.4 is 4.74 Å². The first-order valence-electron chi connectivity index (χ1n) is 12.2. The van der Waals surface area contributed by atoms with Gasteiger partial charge in [0.25, 0.3) is 0 Å². The van der Waals surface area contributed by atoms with Gasteiger partial charge in [0.15, 0.2) is 0 Å². The standard InChI is InChI=1S/C21H28O.C7H9NO.C2H6/c1-14-11-18-19(21(5,6)10-9-20(18,3)4)13-16(14)12-17-8-7-15(2)22-17;1-6-3-4-7(9-2)8-5-6;1-2/h7-8,11,13H,9-10,12H2,1-6H3;3-5H,1-2H3;1-2H3. The van der Waals surface area contributed by atoms with E-state index in [4.69, 9.17) is 9.15 Å². The number of hydrogen-bond acceptors (Lipinski definition) is 3. The highest BCUT2D eigenvalue weighted by Gasteiger charge is 2.37. The lowest BCUT2D eigenvalue weighted by Gasteiger charge is -2.42. The number of rotatable bonds is 3. The largest absolute Gasteiger partial charge is 0.481 e. The number of pyridine rings is 1. The molecule has 0 unspecified atom stereocenters. The molecule has 4 rings (SSSR count). The molecule has 1 aliphatic carbocycles. The van der Waals surface area contributed by atoms with E-state index in [-0.39, 0.29) is 10.8 Å². The lowest BCUT2D eigenvalue weighted by molar-refractivity contribution is 0.331. The SMILES string of the molecule is CC.COc1ccc(C)cn1.Cc1ccc(Cc2cc3c(cc2C)C(C)(C)CCC3(C)C)o1. The van der Waals surface area contributed by atoms with Crippen molar-refractivity contribution in [1.82, 2.24) is 4.98 Å². The minimum atomic E-state index is 0.270. The number of furan rings is 1. The zero-order valence-electron chi connectivity index (χ0n) is 22.4. The second kappa shape index (κ2) is 11.0. The van der Waals surface area contributed by atoms with Crippen LogP contribution in [0.5, 0.6) is 5.88 Å². The van der Waals surface area contributed by atoms with Crippen LogP contribution in [0.3, 0.4) is 0 Å². The van der Waals surface area contributed by atoms with Crippen molar-refractivity contribution in [1.29, 1.82) is 0 Å². The first-order chi connectivity index (χ1) is 15.5. The van der Waals surface area contributed by atoms with Crippen LogP contribution in [0, 0.1) is 20.8 Å². The maximum absolute atomic E-state index is 5.78. The second-order valence-corrected chi connectivity index (χ2v) is 10.2. The van der Waals surface area contributed by atoms with Crippen LogP contribution >= 0.6 is 0 Å². The van der Waals surface area contributed by atoms with E-state index in [9.17, 15) is 0 Å². The zero-order chi connectivity index (χ0) is 24.8. The van der Waals surface area contributed by atoms with E-state index in [1.165, 1.54) is 29.5 Å². The first kappa shape index (κ1) is 26.7. The Morgan fingerprint density at radius 2 is 1.48 bits per heavy atom. The summed E-state index contributed by atoms with van der Waals surface area (Å²) in [7, 11) is 1.61. The van der Waals surface area contributed by atoms with Gasteiger partial charge in [-0.1, -0.05) is 59.7 Å². The molecule has 0 atom stereocenters. The van der Waals surface area contributed by atoms with Gasteiger partial charge < -0.3 is 9.15 Å². The Kier molecular flexibility index (Phi) is 8.94. The van der Waals surface area contributed by atoms with E-state index in [1.807, 2.05) is 39.8 Å². The van der Waals surface area contributed by atoms with Gasteiger partial charge in [0.2, 0.25) is 5.88 Å². The van der Waals surface area contributed by atoms with Crippen LogP contribution in [-0.2, 0) is 17.3 Å². The highest BCUT2D eigenvalue weighted by atomic mass is 16.5. The number of fused-ring (bicyclic) bond motifs is 1. The van der Waals surface area contributed by atoms with Crippen LogP contribution in [0.1, 0.15) is 93.7 Å². The van der Waals surface area contributed by atoms with Gasteiger partial charge in [-0.15, -0.1) is 0 Å². The summed E-state index contributed by atoms with van der Waals surface area (Å²) >= 11 is 0. The highest BCUT2D eigenvalue weighted by molar-refractivity contribution is 5.47. The number of benzene rings is 1. The Balaban J connectivity index is 0.000000293. The molecule has 0 amide bonds. The highest BCUT2D eigenvalue weighted by Crippen LogP contribution is 2.46. The van der Waals surface area contributed by atoms with Crippen LogP contribution in [0.2, 0.25) is 0 Å². The van der Waals surface area contributed by atoms with E-state index in [1.54, 1.807) is 18.9 Å². The molecule has 3 heteroatoms. The van der Waals surface area contributed by atoms with E-state index >= 15 is 0 Å². The van der Waals surface area contributed by atoms with Crippen LogP contribution in [0.4, 0.5) is 0 Å². The summed E-state index contributed by atoms with van der Waals surface area (Å²) in [6.07, 6.45) is 5.20. The molecule has 0 spiro atoms. The number of aryl methyl sites for hydroxylation is 3. The minimum absolute atomic E-state index is 0.270. The van der Waals surface area contributed by atoms with Crippen LogP contribution in [0.25, 0.3) is 0 Å². The number of ether oxygens (including phenoxy) is 1. The van der Waals surface area contributed by atoms with Gasteiger partial charge in [0.1, 0.15) is 11.5 Å². The minimum Gasteiger partial charge on any atom is -0.481 e. The summed E-state index contributed by atoms with van der Waals surface area (Å²) in [5, 5.41) is 0. The molecule has 0 N–H and O–H groups in total. The molecular formula is C30H43NO2. The van der Waals surface area contributed by atoms with Gasteiger partial charge in [-0.25, -0.2) is 4.98 Å². The monoisotopic (exact) mass is 449 g/mol. The van der Waals surface area contributed by atoms with Gasteiger partial charge in [-0.3, -0.25) is 0 Å². The molecule has 0 aliphatic heterocycles. The molecule has 3 nitrogen and oxygen atoms in total. The molecule has 3 aromatic rings. The van der Waals surface area contributed by atoms with Crippen molar-refractivity contribution >= 4 is 0 Å². The average Bonchev–Trinajstić information content (AvgIpc) is 3.20. The lowest BCUT2D eigenvalue weighted by Crippen LogP contribution is -2.34. The molecule has 2 heterocycles. The van der Waals surface area contributed by atoms with E-state index < -0.39 is 0 Å². The van der Waals surface area contributed by atoms with Crippen LogP contribution in [-0.4, -0.2) is 12.1 Å². The van der Waals surface area contributed by atoms with Crippen LogP contribution in [0.15, 0.2) is 47.0 Å². The normalized spacial score (nSPS) is 15.3. The van der Waals surface area contributed by atoms with Crippen molar-refractivity contribution < 1.29 is 9.15 Å². The topological polar surface area (TPSA) is 35.3 Å². The van der Waals surface area contributed by atoms with Crippen molar-refractivity contribution in [2.24, 2.45) is 0 Å². The van der Waals surface area contributed by atoms with E-state index in [0.717, 1.165) is 23.5 Å². The number of methoxy groups -OCH3 is 1. The molecule has 33 heavy (non-hydrogen) atoms. The Morgan fingerprint density at radius 1 is 0.879 bits per heavy atom. The summed E-state index contributed by atoms with van der Waals surface area (Å²) < 4.78 is 10.6. The fourth-order valence-electron chi connectivity index (χ4n) is 4.30. The predicted octanol–water partition coefficient (Wildman–Crippen LogP) is 8.26. The quantitative estimate of drug-likeness (QED) is 0.404. The third kappa shape index (κ3) is 6.72. The molecular weight excluding hydrogens is 406 g/mol. The Hall–Kier alpha value is -2.55. The third-order valence-electron chi connectivity index (χ3n) is 6.56. The summed E-state index contributed by atoms with van der Waals surface area (Å²) in [5.74, 6) is 2.72. The Morgan fingerprint density at radius 3 is 1.97 bits per heavy atom.